The molecule has 3 rings (SSSR count). The van der Waals surface area contributed by atoms with Crippen molar-refractivity contribution in [3.63, 3.8) is 0 Å². The van der Waals surface area contributed by atoms with Crippen molar-refractivity contribution >= 4 is 6.03 Å². The third-order valence-electron chi connectivity index (χ3n) is 3.43. The number of amides is 2. The fourth-order valence-corrected chi connectivity index (χ4v) is 2.06. The van der Waals surface area contributed by atoms with Crippen LogP contribution in [0.1, 0.15) is 11.1 Å². The quantitative estimate of drug-likeness (QED) is 0.657. The molecule has 0 atom stereocenters. The molecular formula is C17H18F2N2O4. The van der Waals surface area contributed by atoms with Gasteiger partial charge in [0.05, 0.1) is 12.2 Å². The minimum absolute atomic E-state index is 0.0658. The number of hydrogen-bond acceptors (Lipinski definition) is 4. The standard InChI is InChI=1S/C15H12F2O2.C2H6N2O2/c16-13-2-1-3-14(17)12(13)9-19-11-5-4-10-6-7-18-15(10)8-11;1-4(6)2(3)5/h1-5,8H,6-7,9H2;6H,1H3,(H2,3,5). The van der Waals surface area contributed by atoms with Gasteiger partial charge in [0.2, 0.25) is 0 Å². The number of nitrogens with zero attached hydrogens (tertiary/aromatic N) is 1. The summed E-state index contributed by atoms with van der Waals surface area (Å²) >= 11 is 0. The second kappa shape index (κ2) is 8.29. The molecule has 6 nitrogen and oxygen atoms in total. The third kappa shape index (κ3) is 5.05. The Bertz CT molecular complexity index is 733. The highest BCUT2D eigenvalue weighted by Crippen LogP contribution is 2.30. The Morgan fingerprint density at radius 2 is 1.96 bits per heavy atom. The van der Waals surface area contributed by atoms with Gasteiger partial charge in [0.15, 0.2) is 0 Å². The van der Waals surface area contributed by atoms with Crippen LogP contribution in [0, 0.1) is 11.6 Å². The van der Waals surface area contributed by atoms with Crippen LogP contribution in [0.2, 0.25) is 0 Å². The zero-order chi connectivity index (χ0) is 18.4. The van der Waals surface area contributed by atoms with E-state index in [2.05, 4.69) is 5.73 Å². The van der Waals surface area contributed by atoms with Gasteiger partial charge < -0.3 is 15.2 Å². The Kier molecular flexibility index (Phi) is 6.13. The van der Waals surface area contributed by atoms with Crippen LogP contribution in [-0.2, 0) is 13.0 Å². The lowest BCUT2D eigenvalue weighted by Gasteiger charge is -2.09. The number of urea groups is 1. The van der Waals surface area contributed by atoms with E-state index in [1.807, 2.05) is 6.07 Å². The predicted octanol–water partition coefficient (Wildman–Crippen LogP) is 2.86. The average Bonchev–Trinajstić information content (AvgIpc) is 3.02. The predicted molar refractivity (Wildman–Crippen MR) is 85.5 cm³/mol. The molecular weight excluding hydrogens is 334 g/mol. The van der Waals surface area contributed by atoms with Crippen molar-refractivity contribution in [3.8, 4) is 11.5 Å². The molecule has 0 saturated heterocycles. The van der Waals surface area contributed by atoms with E-state index in [-0.39, 0.29) is 12.2 Å². The maximum absolute atomic E-state index is 13.4. The molecule has 2 amide bonds. The fourth-order valence-electron chi connectivity index (χ4n) is 2.06. The summed E-state index contributed by atoms with van der Waals surface area (Å²) in [6, 6.07) is 8.36. The van der Waals surface area contributed by atoms with Gasteiger partial charge in [-0.3, -0.25) is 5.21 Å². The summed E-state index contributed by atoms with van der Waals surface area (Å²) in [6.45, 7) is 0.526. The molecule has 2 aromatic rings. The van der Waals surface area contributed by atoms with Crippen LogP contribution < -0.4 is 15.2 Å². The van der Waals surface area contributed by atoms with Crippen molar-refractivity contribution in [2.24, 2.45) is 5.73 Å². The summed E-state index contributed by atoms with van der Waals surface area (Å²) in [7, 11) is 1.16. The van der Waals surface area contributed by atoms with E-state index < -0.39 is 17.7 Å². The average molecular weight is 352 g/mol. The first kappa shape index (κ1) is 18.5. The molecule has 0 fully saturated rings. The highest BCUT2D eigenvalue weighted by atomic mass is 19.1. The second-order valence-electron chi connectivity index (χ2n) is 5.22. The number of ether oxygens (including phenoxy) is 2. The van der Waals surface area contributed by atoms with Crippen molar-refractivity contribution in [2.75, 3.05) is 13.7 Å². The van der Waals surface area contributed by atoms with Crippen LogP contribution in [-0.4, -0.2) is 30.0 Å². The Balaban J connectivity index is 0.000000326. The van der Waals surface area contributed by atoms with E-state index in [1.165, 1.54) is 18.2 Å². The van der Waals surface area contributed by atoms with E-state index in [9.17, 15) is 13.6 Å². The Labute approximate surface area is 143 Å². The van der Waals surface area contributed by atoms with Crippen molar-refractivity contribution in [1.82, 2.24) is 5.06 Å². The number of fused-ring (bicyclic) bond motifs is 1. The highest BCUT2D eigenvalue weighted by molar-refractivity contribution is 5.70. The van der Waals surface area contributed by atoms with E-state index in [0.29, 0.717) is 17.4 Å². The topological polar surface area (TPSA) is 85.0 Å². The van der Waals surface area contributed by atoms with Gasteiger partial charge >= 0.3 is 6.03 Å². The zero-order valence-corrected chi connectivity index (χ0v) is 13.5. The SMILES string of the molecule is CN(O)C(N)=O.Fc1cccc(F)c1COc1ccc2c(c1)OCC2. The molecule has 1 aliphatic rings. The third-order valence-corrected chi connectivity index (χ3v) is 3.43. The number of carbonyl (C=O) groups excluding carboxylic acids is 1. The Morgan fingerprint density at radius 3 is 2.56 bits per heavy atom. The van der Waals surface area contributed by atoms with Crippen LogP contribution in [0.25, 0.3) is 0 Å². The lowest BCUT2D eigenvalue weighted by molar-refractivity contribution is -0.0140. The van der Waals surface area contributed by atoms with E-state index >= 15 is 0 Å². The summed E-state index contributed by atoms with van der Waals surface area (Å²) in [4.78, 5) is 9.60. The number of hydroxylamine groups is 2. The smallest absolute Gasteiger partial charge is 0.338 e. The van der Waals surface area contributed by atoms with Gasteiger partial charge in [-0.15, -0.1) is 0 Å². The van der Waals surface area contributed by atoms with Crippen molar-refractivity contribution in [2.45, 2.75) is 13.0 Å². The molecule has 0 bridgehead atoms. The minimum Gasteiger partial charge on any atom is -0.493 e. The largest absolute Gasteiger partial charge is 0.493 e. The van der Waals surface area contributed by atoms with Crippen LogP contribution in [0.3, 0.4) is 0 Å². The summed E-state index contributed by atoms with van der Waals surface area (Å²) in [5.74, 6) is 0.129. The molecule has 0 spiro atoms. The Morgan fingerprint density at radius 1 is 1.32 bits per heavy atom. The van der Waals surface area contributed by atoms with Crippen molar-refractivity contribution in [3.05, 3.63) is 59.2 Å². The molecule has 134 valence electrons. The first-order chi connectivity index (χ1) is 11.9. The number of benzene rings is 2. The first-order valence-corrected chi connectivity index (χ1v) is 7.42. The van der Waals surface area contributed by atoms with Gasteiger partial charge in [0.1, 0.15) is 29.7 Å². The van der Waals surface area contributed by atoms with Gasteiger partial charge in [0, 0.05) is 19.5 Å². The van der Waals surface area contributed by atoms with E-state index in [1.54, 1.807) is 12.1 Å². The van der Waals surface area contributed by atoms with Gasteiger partial charge in [-0.25, -0.2) is 18.6 Å². The van der Waals surface area contributed by atoms with Crippen LogP contribution in [0.15, 0.2) is 36.4 Å². The van der Waals surface area contributed by atoms with Crippen LogP contribution in [0.5, 0.6) is 11.5 Å². The maximum atomic E-state index is 13.4. The molecule has 1 aliphatic heterocycles. The molecule has 8 heteroatoms. The van der Waals surface area contributed by atoms with Crippen LogP contribution in [0.4, 0.5) is 13.6 Å². The maximum Gasteiger partial charge on any atom is 0.338 e. The summed E-state index contributed by atoms with van der Waals surface area (Å²) in [6.07, 6.45) is 0.886. The number of carbonyl (C=O) groups is 1. The summed E-state index contributed by atoms with van der Waals surface area (Å²) in [5, 5.41) is 8.29. The lowest BCUT2D eigenvalue weighted by atomic mass is 10.1. The lowest BCUT2D eigenvalue weighted by Crippen LogP contribution is -2.28. The normalized spacial score (nSPS) is 11.7. The van der Waals surface area contributed by atoms with E-state index in [0.717, 1.165) is 24.8 Å². The molecule has 0 radical (unpaired) electrons. The molecule has 0 aliphatic carbocycles. The van der Waals surface area contributed by atoms with Gasteiger partial charge in [0.25, 0.3) is 0 Å². The molecule has 3 N–H and O–H groups in total. The fraction of sp³-hybridized carbons (Fsp3) is 0.235. The Hall–Kier alpha value is -2.87. The van der Waals surface area contributed by atoms with Crippen LogP contribution >= 0.6 is 0 Å². The molecule has 0 unspecified atom stereocenters. The van der Waals surface area contributed by atoms with Crippen molar-refractivity contribution < 1.29 is 28.3 Å². The summed E-state index contributed by atoms with van der Waals surface area (Å²) in [5.41, 5.74) is 5.54. The van der Waals surface area contributed by atoms with Crippen molar-refractivity contribution in [1.29, 1.82) is 0 Å². The number of primary amides is 1. The number of rotatable bonds is 3. The number of hydrogen-bond donors (Lipinski definition) is 2. The zero-order valence-electron chi connectivity index (χ0n) is 13.5. The molecule has 25 heavy (non-hydrogen) atoms. The second-order valence-corrected chi connectivity index (χ2v) is 5.22. The number of halogens is 2. The molecule has 0 saturated carbocycles. The monoisotopic (exact) mass is 352 g/mol. The minimum atomic E-state index is -0.852. The highest BCUT2D eigenvalue weighted by Gasteiger charge is 2.13. The molecule has 2 aromatic carbocycles. The van der Waals surface area contributed by atoms with Gasteiger partial charge in [-0.05, 0) is 23.8 Å². The van der Waals surface area contributed by atoms with Gasteiger partial charge in [-0.1, -0.05) is 12.1 Å². The summed E-state index contributed by atoms with van der Waals surface area (Å²) < 4.78 is 37.7. The van der Waals surface area contributed by atoms with E-state index in [4.69, 9.17) is 14.7 Å². The molecule has 0 aromatic heterocycles. The molecule has 1 heterocycles. The van der Waals surface area contributed by atoms with Gasteiger partial charge in [-0.2, -0.15) is 0 Å². The number of nitrogens with two attached hydrogens (primary N) is 1. The first-order valence-electron chi connectivity index (χ1n) is 7.42.